The summed E-state index contributed by atoms with van der Waals surface area (Å²) in [6.45, 7) is 4.99. The van der Waals surface area contributed by atoms with Crippen molar-refractivity contribution in [1.29, 1.82) is 0 Å². The summed E-state index contributed by atoms with van der Waals surface area (Å²) in [4.78, 5) is 3.38. The molecule has 0 atom stereocenters. The van der Waals surface area contributed by atoms with E-state index in [2.05, 4.69) is 20.8 Å². The molecule has 0 amide bonds. The Morgan fingerprint density at radius 1 is 1.45 bits per heavy atom. The van der Waals surface area contributed by atoms with Crippen molar-refractivity contribution < 1.29 is 4.39 Å². The van der Waals surface area contributed by atoms with E-state index in [0.29, 0.717) is 11.0 Å². The molecule has 11 heavy (non-hydrogen) atoms. The van der Waals surface area contributed by atoms with Crippen LogP contribution in [-0.2, 0) is 5.33 Å². The molecule has 0 saturated heterocycles. The fourth-order valence-corrected chi connectivity index (χ4v) is 1.11. The van der Waals surface area contributed by atoms with Gasteiger partial charge in [0.1, 0.15) is 5.82 Å². The molecule has 1 nitrogen and oxygen atoms in total. The molecule has 0 aliphatic carbocycles. The summed E-state index contributed by atoms with van der Waals surface area (Å²) in [6.07, 6.45) is 0. The van der Waals surface area contributed by atoms with Crippen LogP contribution in [0.4, 0.5) is 10.1 Å². The summed E-state index contributed by atoms with van der Waals surface area (Å²) in [5.41, 5.74) is 1.29. The van der Waals surface area contributed by atoms with Crippen LogP contribution in [0, 0.1) is 12.4 Å². The van der Waals surface area contributed by atoms with Gasteiger partial charge in [0.2, 0.25) is 0 Å². The van der Waals surface area contributed by atoms with Crippen molar-refractivity contribution >= 4 is 21.6 Å². The van der Waals surface area contributed by atoms with Gasteiger partial charge in [-0.1, -0.05) is 15.9 Å². The molecule has 1 aromatic rings. The molecule has 0 aliphatic heterocycles. The zero-order valence-corrected chi connectivity index (χ0v) is 7.31. The van der Waals surface area contributed by atoms with Gasteiger partial charge in [-0.05, 0) is 16.5 Å². The molecule has 0 unspecified atom stereocenters. The lowest BCUT2D eigenvalue weighted by atomic mass is 10.2. The van der Waals surface area contributed by atoms with Crippen molar-refractivity contribution in [2.24, 2.45) is 0 Å². The first kappa shape index (κ1) is 8.22. The van der Waals surface area contributed by atoms with Gasteiger partial charge < -0.3 is 0 Å². The van der Waals surface area contributed by atoms with Crippen molar-refractivity contribution in [3.05, 3.63) is 34.4 Å². The third-order valence-corrected chi connectivity index (χ3v) is 1.89. The molecule has 0 saturated carbocycles. The van der Waals surface area contributed by atoms with Crippen molar-refractivity contribution in [2.75, 3.05) is 0 Å². The molecule has 0 heterocycles. The zero-order valence-electron chi connectivity index (χ0n) is 5.72. The van der Waals surface area contributed by atoms with Gasteiger partial charge >= 0.3 is 5.69 Å². The fourth-order valence-electron chi connectivity index (χ4n) is 0.785. The average Bonchev–Trinajstić information content (AvgIpc) is 2.03. The maximum Gasteiger partial charge on any atom is 0.343 e. The highest BCUT2D eigenvalue weighted by atomic mass is 79.9. The summed E-state index contributed by atoms with van der Waals surface area (Å²) in [5, 5.41) is 0.604. The molecule has 0 aromatic heterocycles. The van der Waals surface area contributed by atoms with Crippen molar-refractivity contribution in [3.8, 4) is 6.57 Å². The van der Waals surface area contributed by atoms with Crippen LogP contribution in [0.5, 0.6) is 0 Å². The second-order valence-electron chi connectivity index (χ2n) is 2.08. The van der Waals surface area contributed by atoms with E-state index in [4.69, 9.17) is 6.57 Å². The summed E-state index contributed by atoms with van der Waals surface area (Å²) >= 11 is 3.21. The molecule has 1 aromatic carbocycles. The van der Waals surface area contributed by atoms with Crippen LogP contribution in [-0.4, -0.2) is 0 Å². The third-order valence-electron chi connectivity index (χ3n) is 1.25. The van der Waals surface area contributed by atoms with Gasteiger partial charge in [-0.3, -0.25) is 0 Å². The molecule has 0 spiro atoms. The Morgan fingerprint density at radius 2 is 2.18 bits per heavy atom. The number of nitrogens with zero attached hydrogens (tertiary/aromatic N) is 1. The fraction of sp³-hybridized carbons (Fsp3) is 0.125. The second kappa shape index (κ2) is 3.49. The normalized spacial score (nSPS) is 9.18. The van der Waals surface area contributed by atoms with Crippen molar-refractivity contribution in [1.82, 2.24) is 0 Å². The highest BCUT2D eigenvalue weighted by Gasteiger charge is 2.04. The molecule has 0 radical (unpaired) electrons. The Bertz CT molecular complexity index is 303. The van der Waals surface area contributed by atoms with E-state index < -0.39 is 0 Å². The Hall–Kier alpha value is -0.880. The SMILES string of the molecule is C#[N+]c1cc(F)cc(CBr)c1. The lowest BCUT2D eigenvalue weighted by molar-refractivity contribution is 0.627. The van der Waals surface area contributed by atoms with E-state index in [9.17, 15) is 4.39 Å². The molecule has 56 valence electrons. The second-order valence-corrected chi connectivity index (χ2v) is 2.64. The number of alkyl halides is 1. The van der Waals surface area contributed by atoms with Crippen LogP contribution in [0.15, 0.2) is 18.2 Å². The zero-order chi connectivity index (χ0) is 8.27. The molecule has 0 fully saturated rings. The van der Waals surface area contributed by atoms with E-state index >= 15 is 0 Å². The smallest absolute Gasteiger partial charge is 0.207 e. The van der Waals surface area contributed by atoms with E-state index in [1.165, 1.54) is 12.1 Å². The highest BCUT2D eigenvalue weighted by Crippen LogP contribution is 2.18. The van der Waals surface area contributed by atoms with Gasteiger partial charge in [0, 0.05) is 11.4 Å². The van der Waals surface area contributed by atoms with Crippen LogP contribution in [0.2, 0.25) is 0 Å². The van der Waals surface area contributed by atoms with Gasteiger partial charge in [-0.25, -0.2) is 4.39 Å². The van der Waals surface area contributed by atoms with E-state index in [1.807, 2.05) is 0 Å². The Labute approximate surface area is 72.8 Å². The molecule has 0 N–H and O–H groups in total. The standard InChI is InChI=1S/C8H6BrFN/c1-11-8-3-6(5-9)2-7(10)4-8/h1-4H,5H2/q+1. The lowest BCUT2D eigenvalue weighted by Gasteiger charge is -1.91. The van der Waals surface area contributed by atoms with Crippen LogP contribution in [0.1, 0.15) is 5.56 Å². The predicted molar refractivity (Wildman–Crippen MR) is 47.0 cm³/mol. The maximum absolute atomic E-state index is 12.7. The van der Waals surface area contributed by atoms with Gasteiger partial charge in [0.25, 0.3) is 6.57 Å². The van der Waals surface area contributed by atoms with E-state index in [1.54, 1.807) is 6.07 Å². The predicted octanol–water partition coefficient (Wildman–Crippen LogP) is 3.31. The maximum atomic E-state index is 12.7. The first-order valence-electron chi connectivity index (χ1n) is 3.02. The summed E-state index contributed by atoms with van der Waals surface area (Å²) in [6, 6.07) is 4.44. The minimum atomic E-state index is -0.314. The van der Waals surface area contributed by atoms with Gasteiger partial charge in [0.05, 0.1) is 6.07 Å². The Kier molecular flexibility index (Phi) is 2.61. The van der Waals surface area contributed by atoms with Crippen molar-refractivity contribution in [3.63, 3.8) is 0 Å². The number of hydrogen-bond donors (Lipinski definition) is 0. The largest absolute Gasteiger partial charge is 0.343 e. The average molecular weight is 215 g/mol. The highest BCUT2D eigenvalue weighted by molar-refractivity contribution is 9.08. The van der Waals surface area contributed by atoms with Crippen LogP contribution >= 0.6 is 15.9 Å². The minimum absolute atomic E-state index is 0.314. The number of rotatable bonds is 1. The first-order chi connectivity index (χ1) is 5.26. The van der Waals surface area contributed by atoms with Gasteiger partial charge in [-0.15, -0.1) is 0 Å². The van der Waals surface area contributed by atoms with Crippen molar-refractivity contribution in [2.45, 2.75) is 5.33 Å². The van der Waals surface area contributed by atoms with Crippen LogP contribution in [0.25, 0.3) is 4.85 Å². The topological polar surface area (TPSA) is 4.36 Å². The minimum Gasteiger partial charge on any atom is -0.207 e. The molecule has 3 heteroatoms. The van der Waals surface area contributed by atoms with Gasteiger partial charge in [0.15, 0.2) is 0 Å². The molecular formula is C8H6BrFN+. The third kappa shape index (κ3) is 2.02. The summed E-state index contributed by atoms with van der Waals surface area (Å²) in [7, 11) is 0. The summed E-state index contributed by atoms with van der Waals surface area (Å²) < 4.78 is 12.7. The quantitative estimate of drug-likeness (QED) is 0.633. The van der Waals surface area contributed by atoms with Crippen LogP contribution < -0.4 is 0 Å². The Morgan fingerprint density at radius 3 is 2.73 bits per heavy atom. The number of hydrogen-bond acceptors (Lipinski definition) is 0. The number of halogens is 2. The molecular weight excluding hydrogens is 209 g/mol. The lowest BCUT2D eigenvalue weighted by Crippen LogP contribution is -1.79. The van der Waals surface area contributed by atoms with Crippen LogP contribution in [0.3, 0.4) is 0 Å². The van der Waals surface area contributed by atoms with Gasteiger partial charge in [-0.2, -0.15) is 0 Å². The first-order valence-corrected chi connectivity index (χ1v) is 4.15. The molecule has 1 rings (SSSR count). The summed E-state index contributed by atoms with van der Waals surface area (Å²) in [5.74, 6) is -0.314. The molecule has 0 aliphatic rings. The molecule has 0 bridgehead atoms. The Balaban J connectivity index is 3.15. The van der Waals surface area contributed by atoms with E-state index in [-0.39, 0.29) is 5.82 Å². The number of benzene rings is 1. The van der Waals surface area contributed by atoms with E-state index in [0.717, 1.165) is 5.56 Å². The monoisotopic (exact) mass is 214 g/mol.